The van der Waals surface area contributed by atoms with Crippen LogP contribution in [0.3, 0.4) is 0 Å². The second-order valence-electron chi connectivity index (χ2n) is 12.1. The van der Waals surface area contributed by atoms with Crippen molar-refractivity contribution in [2.75, 3.05) is 13.7 Å². The molecule has 2 bridgehead atoms. The number of ether oxygens (including phenoxy) is 2. The highest BCUT2D eigenvalue weighted by atomic mass is 32.2. The SMILES string of the molecule is COc1ccc(SC2CC3CCC(C2)N3CC(C)[C@@H]2CC[C@@H](C)[C@]3(O)[CH][C@@H](OC(C)=O)C(C)=C[C@H]23)cc1. The Morgan fingerprint density at radius 2 is 1.84 bits per heavy atom. The van der Waals surface area contributed by atoms with Gasteiger partial charge in [0.25, 0.3) is 0 Å². The molecule has 1 saturated carbocycles. The van der Waals surface area contributed by atoms with Crippen LogP contribution in [0.25, 0.3) is 0 Å². The highest BCUT2D eigenvalue weighted by Crippen LogP contribution is 2.51. The number of esters is 1. The lowest BCUT2D eigenvalue weighted by atomic mass is 9.57. The summed E-state index contributed by atoms with van der Waals surface area (Å²) in [5.74, 6) is 1.79. The molecule has 6 heteroatoms. The van der Waals surface area contributed by atoms with E-state index in [1.165, 1.54) is 37.5 Å². The lowest BCUT2D eigenvalue weighted by Gasteiger charge is -2.53. The molecule has 1 aromatic carbocycles. The molecule has 4 aliphatic rings. The van der Waals surface area contributed by atoms with Gasteiger partial charge in [-0.05, 0) is 93.0 Å². The first-order valence-corrected chi connectivity index (χ1v) is 15.1. The van der Waals surface area contributed by atoms with Crippen LogP contribution in [-0.2, 0) is 9.53 Å². The Balaban J connectivity index is 1.24. The van der Waals surface area contributed by atoms with Crippen molar-refractivity contribution in [1.29, 1.82) is 0 Å². The van der Waals surface area contributed by atoms with Gasteiger partial charge in [0.05, 0.1) is 12.7 Å². The second kappa shape index (κ2) is 10.9. The number of nitrogens with zero attached hydrogens (tertiary/aromatic N) is 1. The van der Waals surface area contributed by atoms with E-state index in [0.717, 1.165) is 30.7 Å². The summed E-state index contributed by atoms with van der Waals surface area (Å²) in [6, 6.07) is 9.84. The molecule has 0 aromatic heterocycles. The number of benzene rings is 1. The number of thioether (sulfide) groups is 1. The van der Waals surface area contributed by atoms with Gasteiger partial charge in [-0.3, -0.25) is 9.69 Å². The molecule has 3 fully saturated rings. The van der Waals surface area contributed by atoms with Gasteiger partial charge in [0.1, 0.15) is 11.9 Å². The lowest BCUT2D eigenvalue weighted by molar-refractivity contribution is -0.148. The zero-order valence-electron chi connectivity index (χ0n) is 23.1. The van der Waals surface area contributed by atoms with Crippen molar-refractivity contribution in [3.63, 3.8) is 0 Å². The Hall–Kier alpha value is -1.50. The van der Waals surface area contributed by atoms with E-state index in [1.54, 1.807) is 7.11 Å². The molecule has 1 radical (unpaired) electrons. The lowest BCUT2D eigenvalue weighted by Crippen LogP contribution is -2.57. The van der Waals surface area contributed by atoms with E-state index in [2.05, 4.69) is 49.1 Å². The summed E-state index contributed by atoms with van der Waals surface area (Å²) >= 11 is 2.04. The summed E-state index contributed by atoms with van der Waals surface area (Å²) in [6.07, 6.45) is 11.0. The molecule has 1 N–H and O–H groups in total. The van der Waals surface area contributed by atoms with Crippen molar-refractivity contribution in [3.05, 3.63) is 42.3 Å². The zero-order chi connectivity index (χ0) is 26.3. The summed E-state index contributed by atoms with van der Waals surface area (Å²) < 4.78 is 10.9. The van der Waals surface area contributed by atoms with Gasteiger partial charge < -0.3 is 14.6 Å². The van der Waals surface area contributed by atoms with Crippen molar-refractivity contribution in [2.24, 2.45) is 23.7 Å². The summed E-state index contributed by atoms with van der Waals surface area (Å²) in [5, 5.41) is 12.6. The third-order valence-electron chi connectivity index (χ3n) is 9.75. The zero-order valence-corrected chi connectivity index (χ0v) is 23.9. The topological polar surface area (TPSA) is 59.0 Å². The fourth-order valence-electron chi connectivity index (χ4n) is 7.69. The molecular formula is C31H44NO4S. The maximum atomic E-state index is 11.9. The third kappa shape index (κ3) is 5.49. The van der Waals surface area contributed by atoms with Crippen LogP contribution in [0.15, 0.2) is 40.8 Å². The normalized spacial score (nSPS) is 38.4. The maximum absolute atomic E-state index is 11.9. The fraction of sp³-hybridized carbons (Fsp3) is 0.677. The maximum Gasteiger partial charge on any atom is 0.303 e. The average molecular weight is 527 g/mol. The molecule has 2 aliphatic heterocycles. The van der Waals surface area contributed by atoms with Crippen molar-refractivity contribution < 1.29 is 19.4 Å². The minimum Gasteiger partial charge on any atom is -0.497 e. The number of hydrogen-bond acceptors (Lipinski definition) is 6. The van der Waals surface area contributed by atoms with Gasteiger partial charge in [-0.25, -0.2) is 0 Å². The second-order valence-corrected chi connectivity index (χ2v) is 13.5. The molecule has 2 heterocycles. The van der Waals surface area contributed by atoms with Crippen LogP contribution in [0.1, 0.15) is 66.2 Å². The molecule has 5 rings (SSSR count). The monoisotopic (exact) mass is 526 g/mol. The standard InChI is InChI=1S/C31H44NO4S/c1-19-14-29-28(13-6-21(3)31(29,34)17-30(19)36-22(4)33)20(2)18-32-23-7-8-24(32)16-27(15-23)37-26-11-9-25(35-5)10-12-26/h9-12,14,17,20-21,23-24,27-30,34H,6-8,13,15-16,18H2,1-5H3/t20?,21-,23?,24?,27?,28+,29-,30-,31-/m1/s1. The number of fused-ring (bicyclic) bond motifs is 3. The van der Waals surface area contributed by atoms with Crippen LogP contribution in [-0.4, -0.2) is 58.7 Å². The average Bonchev–Trinajstić information content (AvgIpc) is 3.08. The Labute approximate surface area is 227 Å². The number of carbonyl (C=O) groups excluding carboxylic acids is 1. The van der Waals surface area contributed by atoms with Gasteiger partial charge in [0.15, 0.2) is 0 Å². The number of piperidine rings is 1. The van der Waals surface area contributed by atoms with Crippen LogP contribution in [0.2, 0.25) is 0 Å². The van der Waals surface area contributed by atoms with E-state index >= 15 is 0 Å². The quantitative estimate of drug-likeness (QED) is 0.352. The van der Waals surface area contributed by atoms with E-state index < -0.39 is 11.7 Å². The third-order valence-corrected chi connectivity index (χ3v) is 11.0. The summed E-state index contributed by atoms with van der Waals surface area (Å²) in [4.78, 5) is 15.8. The van der Waals surface area contributed by atoms with E-state index in [9.17, 15) is 9.90 Å². The fourth-order valence-corrected chi connectivity index (χ4v) is 9.00. The Morgan fingerprint density at radius 1 is 1.16 bits per heavy atom. The minimum atomic E-state index is -0.919. The molecule has 203 valence electrons. The number of rotatable bonds is 7. The van der Waals surface area contributed by atoms with E-state index in [1.807, 2.05) is 25.1 Å². The highest BCUT2D eigenvalue weighted by Gasteiger charge is 2.53. The predicted molar refractivity (Wildman–Crippen MR) is 148 cm³/mol. The molecule has 0 amide bonds. The predicted octanol–water partition coefficient (Wildman–Crippen LogP) is 5.91. The van der Waals surface area contributed by atoms with Gasteiger partial charge in [0.2, 0.25) is 0 Å². The van der Waals surface area contributed by atoms with E-state index in [0.29, 0.717) is 29.2 Å². The molecule has 3 unspecified atom stereocenters. The summed E-state index contributed by atoms with van der Waals surface area (Å²) in [6.45, 7) is 9.14. The molecular weight excluding hydrogens is 482 g/mol. The molecule has 2 aliphatic carbocycles. The Kier molecular flexibility index (Phi) is 8.00. The molecule has 0 spiro atoms. The minimum absolute atomic E-state index is 0.0823. The van der Waals surface area contributed by atoms with E-state index in [-0.39, 0.29) is 17.8 Å². The Bertz CT molecular complexity index is 981. The first-order valence-electron chi connectivity index (χ1n) is 14.2. The van der Waals surface area contributed by atoms with Crippen LogP contribution < -0.4 is 4.74 Å². The van der Waals surface area contributed by atoms with Gasteiger partial charge in [-0.1, -0.05) is 19.9 Å². The molecule has 37 heavy (non-hydrogen) atoms. The number of hydrogen-bond donors (Lipinski definition) is 1. The van der Waals surface area contributed by atoms with Crippen LogP contribution in [0.5, 0.6) is 5.75 Å². The van der Waals surface area contributed by atoms with Crippen molar-refractivity contribution in [1.82, 2.24) is 4.90 Å². The molecule has 5 nitrogen and oxygen atoms in total. The van der Waals surface area contributed by atoms with Crippen molar-refractivity contribution in [2.45, 2.75) is 100 Å². The molecule has 2 saturated heterocycles. The van der Waals surface area contributed by atoms with E-state index in [4.69, 9.17) is 9.47 Å². The Morgan fingerprint density at radius 3 is 2.46 bits per heavy atom. The van der Waals surface area contributed by atoms with Gasteiger partial charge in [-0.2, -0.15) is 0 Å². The van der Waals surface area contributed by atoms with Crippen molar-refractivity contribution >= 4 is 17.7 Å². The van der Waals surface area contributed by atoms with Crippen LogP contribution in [0, 0.1) is 30.1 Å². The summed E-state index contributed by atoms with van der Waals surface area (Å²) in [7, 11) is 1.72. The first-order chi connectivity index (χ1) is 17.7. The van der Waals surface area contributed by atoms with Crippen molar-refractivity contribution in [3.8, 4) is 5.75 Å². The number of aliphatic hydroxyl groups is 1. The highest BCUT2D eigenvalue weighted by molar-refractivity contribution is 8.00. The van der Waals surface area contributed by atoms with Crippen LogP contribution in [0.4, 0.5) is 0 Å². The number of carbonyl (C=O) groups is 1. The smallest absolute Gasteiger partial charge is 0.303 e. The van der Waals surface area contributed by atoms with Gasteiger partial charge in [0, 0.05) is 48.0 Å². The summed E-state index contributed by atoms with van der Waals surface area (Å²) in [5.41, 5.74) is 0.130. The molecule has 8 atom stereocenters. The van der Waals surface area contributed by atoms with Gasteiger partial charge in [-0.15, -0.1) is 11.8 Å². The molecule has 1 aromatic rings. The largest absolute Gasteiger partial charge is 0.497 e. The van der Waals surface area contributed by atoms with Crippen LogP contribution >= 0.6 is 11.8 Å². The number of methoxy groups -OCH3 is 1. The van der Waals surface area contributed by atoms with Gasteiger partial charge >= 0.3 is 5.97 Å². The first kappa shape index (κ1) is 27.1.